The van der Waals surface area contributed by atoms with E-state index in [-0.39, 0.29) is 5.92 Å². The lowest BCUT2D eigenvalue weighted by Gasteiger charge is -2.11. The van der Waals surface area contributed by atoms with Crippen LogP contribution in [0.5, 0.6) is 5.75 Å². The van der Waals surface area contributed by atoms with Crippen LogP contribution in [0.3, 0.4) is 0 Å². The predicted octanol–water partition coefficient (Wildman–Crippen LogP) is 3.35. The molecule has 2 aromatic rings. The molecule has 0 spiro atoms. The van der Waals surface area contributed by atoms with E-state index in [1.54, 1.807) is 7.11 Å². The Balaban J connectivity index is 2.02. The second kappa shape index (κ2) is 7.79. The van der Waals surface area contributed by atoms with Gasteiger partial charge < -0.3 is 19.3 Å². The van der Waals surface area contributed by atoms with Crippen molar-refractivity contribution in [1.29, 1.82) is 0 Å². The summed E-state index contributed by atoms with van der Waals surface area (Å²) in [6.07, 6.45) is 0. The average Bonchev–Trinajstić information content (AvgIpc) is 3.00. The van der Waals surface area contributed by atoms with E-state index in [1.807, 2.05) is 32.9 Å². The third-order valence-corrected chi connectivity index (χ3v) is 3.21. The van der Waals surface area contributed by atoms with Crippen molar-refractivity contribution in [3.8, 4) is 5.75 Å². The van der Waals surface area contributed by atoms with Crippen LogP contribution >= 0.6 is 0 Å². The van der Waals surface area contributed by atoms with Crippen LogP contribution in [0.4, 0.5) is 6.01 Å². The van der Waals surface area contributed by atoms with Crippen LogP contribution < -0.4 is 10.1 Å². The van der Waals surface area contributed by atoms with Crippen molar-refractivity contribution in [3.63, 3.8) is 0 Å². The zero-order chi connectivity index (χ0) is 15.9. The molecule has 1 aromatic carbocycles. The van der Waals surface area contributed by atoms with Gasteiger partial charge in [-0.05, 0) is 24.6 Å². The number of hydrogen-bond donors (Lipinski definition) is 1. The zero-order valence-corrected chi connectivity index (χ0v) is 13.5. The van der Waals surface area contributed by atoms with Gasteiger partial charge in [-0.1, -0.05) is 25.1 Å². The molecule has 22 heavy (non-hydrogen) atoms. The molecule has 0 radical (unpaired) electrons. The van der Waals surface area contributed by atoms with E-state index in [9.17, 15) is 0 Å². The Hall–Kier alpha value is -2.08. The minimum atomic E-state index is 0.248. The monoisotopic (exact) mass is 305 g/mol. The number of aromatic nitrogens is 2. The number of ether oxygens (including phenoxy) is 2. The fraction of sp³-hybridized carbons (Fsp3) is 0.500. The molecule has 0 unspecified atom stereocenters. The van der Waals surface area contributed by atoms with Crippen LogP contribution in [0, 0.1) is 0 Å². The number of rotatable bonds is 8. The Morgan fingerprint density at radius 2 is 2.14 bits per heavy atom. The molecule has 1 N–H and O–H groups in total. The average molecular weight is 305 g/mol. The number of hydrogen-bond acceptors (Lipinski definition) is 6. The lowest BCUT2D eigenvalue weighted by molar-refractivity contribution is 0.132. The molecular formula is C16H23N3O3. The van der Waals surface area contributed by atoms with Crippen LogP contribution in [0.15, 0.2) is 22.7 Å². The Labute approximate surface area is 130 Å². The highest BCUT2D eigenvalue weighted by Gasteiger charge is 2.10. The molecule has 6 nitrogen and oxygen atoms in total. The largest absolute Gasteiger partial charge is 0.496 e. The van der Waals surface area contributed by atoms with E-state index in [0.717, 1.165) is 16.9 Å². The van der Waals surface area contributed by atoms with E-state index < -0.39 is 0 Å². The zero-order valence-electron chi connectivity index (χ0n) is 13.5. The second-order valence-corrected chi connectivity index (χ2v) is 5.25. The highest BCUT2D eigenvalue weighted by molar-refractivity contribution is 5.38. The van der Waals surface area contributed by atoms with Crippen LogP contribution in [0.25, 0.3) is 0 Å². The molecule has 120 valence electrons. The smallest absolute Gasteiger partial charge is 0.321 e. The molecule has 1 aromatic heterocycles. The summed E-state index contributed by atoms with van der Waals surface area (Å²) in [5, 5.41) is 7.06. The van der Waals surface area contributed by atoms with Crippen molar-refractivity contribution in [1.82, 2.24) is 10.1 Å². The summed E-state index contributed by atoms with van der Waals surface area (Å²) < 4.78 is 16.0. The van der Waals surface area contributed by atoms with Gasteiger partial charge in [0.05, 0.1) is 13.7 Å². The summed E-state index contributed by atoms with van der Waals surface area (Å²) in [6, 6.07) is 6.44. The van der Waals surface area contributed by atoms with E-state index in [2.05, 4.69) is 21.5 Å². The lowest BCUT2D eigenvalue weighted by Crippen LogP contribution is -2.03. The maximum atomic E-state index is 5.47. The minimum Gasteiger partial charge on any atom is -0.496 e. The minimum absolute atomic E-state index is 0.248. The molecule has 6 heteroatoms. The predicted molar refractivity (Wildman–Crippen MR) is 84.0 cm³/mol. The summed E-state index contributed by atoms with van der Waals surface area (Å²) in [4.78, 5) is 4.29. The van der Waals surface area contributed by atoms with Gasteiger partial charge in [0.2, 0.25) is 0 Å². The molecule has 0 saturated carbocycles. The Morgan fingerprint density at radius 1 is 1.32 bits per heavy atom. The van der Waals surface area contributed by atoms with E-state index in [0.29, 0.717) is 31.6 Å². The van der Waals surface area contributed by atoms with E-state index >= 15 is 0 Å². The van der Waals surface area contributed by atoms with Crippen molar-refractivity contribution in [2.75, 3.05) is 19.0 Å². The number of nitrogens with zero attached hydrogens (tertiary/aromatic N) is 2. The molecule has 2 rings (SSSR count). The van der Waals surface area contributed by atoms with Crippen LogP contribution in [0.1, 0.15) is 43.6 Å². The van der Waals surface area contributed by atoms with Gasteiger partial charge in [-0.3, -0.25) is 0 Å². The molecule has 0 amide bonds. The number of anilines is 1. The Morgan fingerprint density at radius 3 is 2.77 bits per heavy atom. The number of nitrogens with one attached hydrogen (secondary N) is 1. The first kappa shape index (κ1) is 16.3. The summed E-state index contributed by atoms with van der Waals surface area (Å²) >= 11 is 0. The fourth-order valence-electron chi connectivity index (χ4n) is 1.99. The third-order valence-electron chi connectivity index (χ3n) is 3.21. The van der Waals surface area contributed by atoms with Gasteiger partial charge in [0, 0.05) is 24.6 Å². The van der Waals surface area contributed by atoms with Crippen LogP contribution in [-0.4, -0.2) is 23.9 Å². The standard InChI is InChI=1S/C16H23N3O3/c1-5-21-10-13-8-12(6-7-14(13)20-4)9-17-16-18-15(11(2)3)19-22-16/h6-8,11H,5,9-10H2,1-4H3,(H,17,18,19). The summed E-state index contributed by atoms with van der Waals surface area (Å²) in [5.41, 5.74) is 2.12. The molecule has 0 aliphatic rings. The number of benzene rings is 1. The summed E-state index contributed by atoms with van der Waals surface area (Å²) in [6.45, 7) is 7.83. The maximum absolute atomic E-state index is 5.47. The van der Waals surface area contributed by atoms with Gasteiger partial charge in [-0.15, -0.1) is 0 Å². The van der Waals surface area contributed by atoms with Gasteiger partial charge in [0.15, 0.2) is 5.82 Å². The quantitative estimate of drug-likeness (QED) is 0.806. The molecule has 0 bridgehead atoms. The topological polar surface area (TPSA) is 69.4 Å². The van der Waals surface area contributed by atoms with Gasteiger partial charge >= 0.3 is 6.01 Å². The molecule has 0 aliphatic carbocycles. The molecule has 0 fully saturated rings. The second-order valence-electron chi connectivity index (χ2n) is 5.25. The molecule has 0 atom stereocenters. The first-order chi connectivity index (χ1) is 10.6. The molecular weight excluding hydrogens is 282 g/mol. The van der Waals surface area contributed by atoms with Gasteiger partial charge in [0.1, 0.15) is 5.75 Å². The molecule has 1 heterocycles. The highest BCUT2D eigenvalue weighted by atomic mass is 16.5. The van der Waals surface area contributed by atoms with Gasteiger partial charge in [-0.2, -0.15) is 4.98 Å². The number of methoxy groups -OCH3 is 1. The highest BCUT2D eigenvalue weighted by Crippen LogP contribution is 2.21. The molecule has 0 saturated heterocycles. The first-order valence-electron chi connectivity index (χ1n) is 7.45. The van der Waals surface area contributed by atoms with Crippen LogP contribution in [0.2, 0.25) is 0 Å². The fourth-order valence-corrected chi connectivity index (χ4v) is 1.99. The van der Waals surface area contributed by atoms with Crippen molar-refractivity contribution in [3.05, 3.63) is 35.2 Å². The maximum Gasteiger partial charge on any atom is 0.321 e. The third kappa shape index (κ3) is 4.21. The van der Waals surface area contributed by atoms with Crippen molar-refractivity contribution >= 4 is 6.01 Å². The van der Waals surface area contributed by atoms with Crippen molar-refractivity contribution < 1.29 is 14.0 Å². The van der Waals surface area contributed by atoms with E-state index in [4.69, 9.17) is 14.0 Å². The first-order valence-corrected chi connectivity index (χ1v) is 7.45. The van der Waals surface area contributed by atoms with E-state index in [1.165, 1.54) is 0 Å². The summed E-state index contributed by atoms with van der Waals surface area (Å²) in [7, 11) is 1.66. The molecule has 0 aliphatic heterocycles. The van der Waals surface area contributed by atoms with Gasteiger partial charge in [0.25, 0.3) is 0 Å². The van der Waals surface area contributed by atoms with Gasteiger partial charge in [-0.25, -0.2) is 0 Å². The summed E-state index contributed by atoms with van der Waals surface area (Å²) in [5.74, 6) is 1.78. The Kier molecular flexibility index (Phi) is 5.77. The normalized spacial score (nSPS) is 11.0. The van der Waals surface area contributed by atoms with Crippen molar-refractivity contribution in [2.45, 2.75) is 39.8 Å². The SMILES string of the molecule is CCOCc1cc(CNc2nc(C(C)C)no2)ccc1OC. The Bertz CT molecular complexity index is 596. The lowest BCUT2D eigenvalue weighted by atomic mass is 10.1. The van der Waals surface area contributed by atoms with Crippen molar-refractivity contribution in [2.24, 2.45) is 0 Å². The van der Waals surface area contributed by atoms with Crippen LogP contribution in [-0.2, 0) is 17.9 Å².